The zero-order valence-corrected chi connectivity index (χ0v) is 14.8. The third-order valence-corrected chi connectivity index (χ3v) is 4.61. The van der Waals surface area contributed by atoms with Crippen LogP contribution in [0.5, 0.6) is 0 Å². The van der Waals surface area contributed by atoms with Gasteiger partial charge in [0.1, 0.15) is 18.2 Å². The summed E-state index contributed by atoms with van der Waals surface area (Å²) >= 11 is 0. The normalized spacial score (nSPS) is 17.8. The number of morpholine rings is 1. The van der Waals surface area contributed by atoms with Gasteiger partial charge in [0.05, 0.1) is 25.0 Å². The number of hydrogen-bond donors (Lipinski definition) is 0. The van der Waals surface area contributed by atoms with E-state index in [4.69, 9.17) is 4.74 Å². The van der Waals surface area contributed by atoms with E-state index in [1.54, 1.807) is 10.9 Å². The number of aromatic nitrogens is 3. The number of carbonyl (C=O) groups is 1. The molecule has 1 aromatic heterocycles. The predicted molar refractivity (Wildman–Crippen MR) is 94.8 cm³/mol. The van der Waals surface area contributed by atoms with Gasteiger partial charge in [-0.15, -0.1) is 5.10 Å². The Morgan fingerprint density at radius 3 is 2.75 bits per heavy atom. The summed E-state index contributed by atoms with van der Waals surface area (Å²) in [5.41, 5.74) is 1.27. The molecule has 1 atom stereocenters. The van der Waals surface area contributed by atoms with E-state index in [9.17, 15) is 18.0 Å². The van der Waals surface area contributed by atoms with E-state index in [0.717, 1.165) is 21.4 Å². The molecule has 2 aromatic carbocycles. The number of carbonyl (C=O) groups excluding carboxylic acids is 1. The first-order valence-electron chi connectivity index (χ1n) is 8.77. The van der Waals surface area contributed by atoms with E-state index in [1.807, 2.05) is 42.5 Å². The van der Waals surface area contributed by atoms with Gasteiger partial charge in [0.2, 0.25) is 5.91 Å². The maximum atomic E-state index is 12.5. The van der Waals surface area contributed by atoms with Crippen molar-refractivity contribution in [2.45, 2.75) is 18.7 Å². The summed E-state index contributed by atoms with van der Waals surface area (Å²) in [6.07, 6.45) is -4.93. The van der Waals surface area contributed by atoms with Crippen LogP contribution in [0.1, 0.15) is 18.2 Å². The molecule has 0 radical (unpaired) electrons. The van der Waals surface area contributed by atoms with Gasteiger partial charge >= 0.3 is 6.18 Å². The summed E-state index contributed by atoms with van der Waals surface area (Å²) in [5.74, 6) is -0.956. The number of fused-ring (bicyclic) bond motifs is 1. The van der Waals surface area contributed by atoms with Crippen LogP contribution in [-0.2, 0) is 9.53 Å². The molecular weight excluding hydrogens is 373 g/mol. The Kier molecular flexibility index (Phi) is 4.76. The number of hydrogen-bond acceptors (Lipinski definition) is 4. The summed E-state index contributed by atoms with van der Waals surface area (Å²) < 4.78 is 44.6. The second-order valence-electron chi connectivity index (χ2n) is 6.61. The third-order valence-electron chi connectivity index (χ3n) is 4.61. The molecule has 4 rings (SSSR count). The Morgan fingerprint density at radius 1 is 1.18 bits per heavy atom. The monoisotopic (exact) mass is 390 g/mol. The van der Waals surface area contributed by atoms with Crippen LogP contribution in [0.2, 0.25) is 0 Å². The molecule has 0 bridgehead atoms. The topological polar surface area (TPSA) is 60.2 Å². The molecule has 1 amide bonds. The van der Waals surface area contributed by atoms with Crippen molar-refractivity contribution in [2.75, 3.05) is 19.7 Å². The van der Waals surface area contributed by atoms with Crippen molar-refractivity contribution in [3.63, 3.8) is 0 Å². The van der Waals surface area contributed by atoms with Crippen molar-refractivity contribution in [2.24, 2.45) is 0 Å². The Morgan fingerprint density at radius 2 is 1.96 bits per heavy atom. The molecule has 28 heavy (non-hydrogen) atoms. The van der Waals surface area contributed by atoms with Crippen LogP contribution in [-0.4, -0.2) is 51.7 Å². The van der Waals surface area contributed by atoms with Crippen LogP contribution < -0.4 is 0 Å². The van der Waals surface area contributed by atoms with Gasteiger partial charge in [-0.05, 0) is 22.9 Å². The molecule has 1 aliphatic rings. The average molecular weight is 390 g/mol. The lowest BCUT2D eigenvalue weighted by atomic mass is 10.1. The van der Waals surface area contributed by atoms with E-state index in [2.05, 4.69) is 10.3 Å². The summed E-state index contributed by atoms with van der Waals surface area (Å²) in [6.45, 7) is 0.298. The van der Waals surface area contributed by atoms with Gasteiger partial charge in [-0.25, -0.2) is 4.68 Å². The molecule has 1 unspecified atom stereocenters. The highest BCUT2D eigenvalue weighted by atomic mass is 19.4. The minimum atomic E-state index is -4.52. The SMILES string of the molecule is O=C(CC(F)(F)F)N1CCOC(c2cn(-c3ccc4ccccc4c3)nn2)C1. The molecule has 0 spiro atoms. The predicted octanol–water partition coefficient (Wildman–Crippen LogP) is 3.27. The fraction of sp³-hybridized carbons (Fsp3) is 0.316. The first-order valence-corrected chi connectivity index (χ1v) is 8.77. The average Bonchev–Trinajstić information content (AvgIpc) is 3.17. The standard InChI is InChI=1S/C19H17F3N4O2/c20-19(21,22)10-18(27)25-7-8-28-17(12-25)16-11-26(24-23-16)15-6-5-13-3-1-2-4-14(13)9-15/h1-6,9,11,17H,7-8,10,12H2. The van der Waals surface area contributed by atoms with E-state index in [-0.39, 0.29) is 19.7 Å². The second kappa shape index (κ2) is 7.23. The van der Waals surface area contributed by atoms with Crippen LogP contribution >= 0.6 is 0 Å². The summed E-state index contributed by atoms with van der Waals surface area (Å²) in [5, 5.41) is 10.3. The molecule has 146 valence electrons. The molecule has 6 nitrogen and oxygen atoms in total. The largest absolute Gasteiger partial charge is 0.397 e. The lowest BCUT2D eigenvalue weighted by molar-refractivity contribution is -0.166. The molecule has 0 N–H and O–H groups in total. The molecule has 1 saturated heterocycles. The van der Waals surface area contributed by atoms with Crippen LogP contribution in [0.25, 0.3) is 16.5 Å². The highest BCUT2D eigenvalue weighted by molar-refractivity contribution is 5.84. The Hall–Kier alpha value is -2.94. The molecule has 9 heteroatoms. The lowest BCUT2D eigenvalue weighted by Crippen LogP contribution is -2.43. The van der Waals surface area contributed by atoms with Crippen LogP contribution in [0.15, 0.2) is 48.7 Å². The van der Waals surface area contributed by atoms with Crippen molar-refractivity contribution in [1.29, 1.82) is 0 Å². The van der Waals surface area contributed by atoms with Crippen molar-refractivity contribution in [1.82, 2.24) is 19.9 Å². The molecular formula is C19H17F3N4O2. The summed E-state index contributed by atoms with van der Waals surface area (Å²) in [7, 11) is 0. The lowest BCUT2D eigenvalue weighted by Gasteiger charge is -2.32. The number of alkyl halides is 3. The fourth-order valence-corrected chi connectivity index (χ4v) is 3.21. The van der Waals surface area contributed by atoms with Gasteiger partial charge in [0, 0.05) is 6.54 Å². The zero-order chi connectivity index (χ0) is 19.7. The third kappa shape index (κ3) is 3.99. The molecule has 1 fully saturated rings. The van der Waals surface area contributed by atoms with E-state index in [0.29, 0.717) is 5.69 Å². The first kappa shape index (κ1) is 18.4. The molecule has 0 aliphatic carbocycles. The minimum absolute atomic E-state index is 0.0192. The Balaban J connectivity index is 1.51. The van der Waals surface area contributed by atoms with E-state index in [1.165, 1.54) is 0 Å². The maximum Gasteiger partial charge on any atom is 0.397 e. The highest BCUT2D eigenvalue weighted by Crippen LogP contribution is 2.25. The van der Waals surface area contributed by atoms with Gasteiger partial charge in [-0.2, -0.15) is 13.2 Å². The zero-order valence-electron chi connectivity index (χ0n) is 14.8. The van der Waals surface area contributed by atoms with Crippen LogP contribution in [0, 0.1) is 0 Å². The fourth-order valence-electron chi connectivity index (χ4n) is 3.21. The number of halogens is 3. The summed E-state index contributed by atoms with van der Waals surface area (Å²) in [6, 6.07) is 13.7. The molecule has 2 heterocycles. The highest BCUT2D eigenvalue weighted by Gasteiger charge is 2.36. The maximum absolute atomic E-state index is 12.5. The van der Waals surface area contributed by atoms with Gasteiger partial charge in [0.25, 0.3) is 0 Å². The molecule has 1 aliphatic heterocycles. The van der Waals surface area contributed by atoms with E-state index < -0.39 is 24.6 Å². The number of amides is 1. The van der Waals surface area contributed by atoms with Gasteiger partial charge in [-0.3, -0.25) is 4.79 Å². The minimum Gasteiger partial charge on any atom is -0.368 e. The van der Waals surface area contributed by atoms with Crippen molar-refractivity contribution in [3.8, 4) is 5.69 Å². The molecule has 3 aromatic rings. The molecule has 0 saturated carbocycles. The Labute approximate surface area is 158 Å². The second-order valence-corrected chi connectivity index (χ2v) is 6.61. The quantitative estimate of drug-likeness (QED) is 0.689. The van der Waals surface area contributed by atoms with Crippen LogP contribution in [0.3, 0.4) is 0 Å². The summed E-state index contributed by atoms with van der Waals surface area (Å²) in [4.78, 5) is 13.0. The van der Waals surface area contributed by atoms with Gasteiger partial charge in [-0.1, -0.05) is 35.5 Å². The number of benzene rings is 2. The van der Waals surface area contributed by atoms with Gasteiger partial charge < -0.3 is 9.64 Å². The van der Waals surface area contributed by atoms with Crippen molar-refractivity contribution < 1.29 is 22.7 Å². The van der Waals surface area contributed by atoms with Crippen molar-refractivity contribution >= 4 is 16.7 Å². The number of rotatable bonds is 3. The Bertz CT molecular complexity index is 1000. The number of nitrogens with zero attached hydrogens (tertiary/aromatic N) is 4. The van der Waals surface area contributed by atoms with Crippen LogP contribution in [0.4, 0.5) is 13.2 Å². The van der Waals surface area contributed by atoms with Gasteiger partial charge in [0.15, 0.2) is 0 Å². The smallest absolute Gasteiger partial charge is 0.368 e. The first-order chi connectivity index (χ1) is 13.4. The van der Waals surface area contributed by atoms with Crippen molar-refractivity contribution in [3.05, 3.63) is 54.4 Å². The van der Waals surface area contributed by atoms with E-state index >= 15 is 0 Å². The number of ether oxygens (including phenoxy) is 1.